The Morgan fingerprint density at radius 2 is 1.82 bits per heavy atom. The molecule has 0 spiro atoms. The molecule has 1 unspecified atom stereocenters. The van der Waals surface area contributed by atoms with E-state index in [-0.39, 0.29) is 5.82 Å². The minimum absolute atomic E-state index is 0.297. The lowest BCUT2D eigenvalue weighted by atomic mass is 9.98. The highest BCUT2D eigenvalue weighted by Crippen LogP contribution is 2.33. The van der Waals surface area contributed by atoms with Crippen molar-refractivity contribution in [1.82, 2.24) is 14.8 Å². The average Bonchev–Trinajstić information content (AvgIpc) is 3.43. The smallest absolute Gasteiger partial charge is 0.325 e. The molecule has 8 heteroatoms. The van der Waals surface area contributed by atoms with Gasteiger partial charge in [0.1, 0.15) is 17.2 Å². The van der Waals surface area contributed by atoms with E-state index in [2.05, 4.69) is 5.32 Å². The van der Waals surface area contributed by atoms with Crippen LogP contribution in [0.5, 0.6) is 0 Å². The maximum Gasteiger partial charge on any atom is 0.325 e. The minimum Gasteiger partial charge on any atom is -0.458 e. The van der Waals surface area contributed by atoms with Crippen LogP contribution < -0.4 is 5.32 Å². The molecule has 1 aliphatic heterocycles. The van der Waals surface area contributed by atoms with Crippen molar-refractivity contribution in [2.75, 3.05) is 6.54 Å². The molecule has 3 heterocycles. The lowest BCUT2D eigenvalue weighted by Crippen LogP contribution is -2.41. The van der Waals surface area contributed by atoms with Gasteiger partial charge in [0.15, 0.2) is 11.3 Å². The second kappa shape index (κ2) is 7.69. The molecule has 1 N–H and O–H groups in total. The standard InChI is InChI=1S/C26H22FN3O4/c1-15-11-20(16(2)30(15)19-9-6-8-18(27)13-19)21(31)14-29-24(32)26(3,28-25(29)33)23-12-17-7-4-5-10-22(17)34-23/h4-13H,14H2,1-3H3,(H,28,33). The molecule has 172 valence electrons. The molecule has 2 aromatic heterocycles. The van der Waals surface area contributed by atoms with E-state index in [4.69, 9.17) is 4.42 Å². The maximum atomic E-state index is 13.7. The Morgan fingerprint density at radius 3 is 2.56 bits per heavy atom. The summed E-state index contributed by atoms with van der Waals surface area (Å²) in [5.41, 5.74) is 1.45. The molecule has 0 radical (unpaired) electrons. The molecule has 0 saturated carbocycles. The monoisotopic (exact) mass is 459 g/mol. The summed E-state index contributed by atoms with van der Waals surface area (Å²) in [7, 11) is 0. The summed E-state index contributed by atoms with van der Waals surface area (Å²) >= 11 is 0. The Hall–Kier alpha value is -4.20. The summed E-state index contributed by atoms with van der Waals surface area (Å²) in [4.78, 5) is 40.1. The number of ketones is 1. The first-order chi connectivity index (χ1) is 16.2. The summed E-state index contributed by atoms with van der Waals surface area (Å²) in [5, 5.41) is 3.48. The van der Waals surface area contributed by atoms with Crippen LogP contribution in [-0.2, 0) is 10.3 Å². The molecule has 1 aliphatic rings. The highest BCUT2D eigenvalue weighted by Gasteiger charge is 2.51. The molecule has 1 fully saturated rings. The highest BCUT2D eigenvalue weighted by atomic mass is 19.1. The van der Waals surface area contributed by atoms with Crippen molar-refractivity contribution < 1.29 is 23.2 Å². The second-order valence-corrected chi connectivity index (χ2v) is 8.62. The van der Waals surface area contributed by atoms with E-state index in [0.717, 1.165) is 16.0 Å². The van der Waals surface area contributed by atoms with Gasteiger partial charge in [0.2, 0.25) is 0 Å². The number of hydrogen-bond acceptors (Lipinski definition) is 4. The van der Waals surface area contributed by atoms with E-state index in [1.807, 2.05) is 18.2 Å². The quantitative estimate of drug-likeness (QED) is 0.348. The molecule has 1 saturated heterocycles. The van der Waals surface area contributed by atoms with Gasteiger partial charge in [-0.05, 0) is 57.2 Å². The predicted molar refractivity (Wildman–Crippen MR) is 123 cm³/mol. The van der Waals surface area contributed by atoms with E-state index >= 15 is 0 Å². The number of carbonyl (C=O) groups is 3. The number of hydrogen-bond donors (Lipinski definition) is 1. The SMILES string of the molecule is Cc1cc(C(=O)CN2C(=O)NC(C)(c3cc4ccccc4o3)C2=O)c(C)n1-c1cccc(F)c1. The van der Waals surface area contributed by atoms with Gasteiger partial charge in [-0.3, -0.25) is 14.5 Å². The molecule has 0 aliphatic carbocycles. The summed E-state index contributed by atoms with van der Waals surface area (Å²) < 4.78 is 21.3. The van der Waals surface area contributed by atoms with Crippen molar-refractivity contribution in [2.24, 2.45) is 0 Å². The number of Topliss-reactive ketones (excluding diaryl/α,β-unsaturated/α-hetero) is 1. The van der Waals surface area contributed by atoms with Crippen LogP contribution in [0, 0.1) is 19.7 Å². The first-order valence-corrected chi connectivity index (χ1v) is 10.8. The van der Waals surface area contributed by atoms with Crippen LogP contribution in [0.25, 0.3) is 16.7 Å². The molecule has 0 bridgehead atoms. The van der Waals surface area contributed by atoms with Crippen molar-refractivity contribution in [1.29, 1.82) is 0 Å². The van der Waals surface area contributed by atoms with E-state index < -0.39 is 29.8 Å². The van der Waals surface area contributed by atoms with Crippen LogP contribution in [0.4, 0.5) is 9.18 Å². The third kappa shape index (κ3) is 3.30. The Morgan fingerprint density at radius 1 is 1.06 bits per heavy atom. The van der Waals surface area contributed by atoms with Gasteiger partial charge in [-0.2, -0.15) is 0 Å². The van der Waals surface area contributed by atoms with Crippen molar-refractivity contribution in [3.05, 3.63) is 89.2 Å². The number of fused-ring (bicyclic) bond motifs is 1. The number of aromatic nitrogens is 1. The fourth-order valence-electron chi connectivity index (χ4n) is 4.52. The van der Waals surface area contributed by atoms with Crippen molar-refractivity contribution in [3.63, 3.8) is 0 Å². The van der Waals surface area contributed by atoms with Gasteiger partial charge in [-0.15, -0.1) is 0 Å². The Bertz CT molecular complexity index is 1450. The number of nitrogens with one attached hydrogen (secondary N) is 1. The molecule has 34 heavy (non-hydrogen) atoms. The molecule has 4 aromatic rings. The first kappa shape index (κ1) is 21.6. The molecule has 3 amide bonds. The number of para-hydroxylation sites is 1. The van der Waals surface area contributed by atoms with E-state index in [9.17, 15) is 18.8 Å². The fourth-order valence-corrected chi connectivity index (χ4v) is 4.52. The number of carbonyl (C=O) groups excluding carboxylic acids is 3. The molecule has 2 aromatic carbocycles. The van der Waals surface area contributed by atoms with Gasteiger partial charge >= 0.3 is 6.03 Å². The third-order valence-corrected chi connectivity index (χ3v) is 6.29. The molecule has 1 atom stereocenters. The number of halogens is 1. The number of amides is 3. The number of nitrogens with zero attached hydrogens (tertiary/aromatic N) is 2. The summed E-state index contributed by atoms with van der Waals surface area (Å²) in [6, 6.07) is 16.1. The van der Waals surface area contributed by atoms with Gasteiger partial charge < -0.3 is 14.3 Å². The second-order valence-electron chi connectivity index (χ2n) is 8.62. The van der Waals surface area contributed by atoms with Gasteiger partial charge in [-0.1, -0.05) is 24.3 Å². The van der Waals surface area contributed by atoms with Gasteiger partial charge in [0.25, 0.3) is 5.91 Å². The summed E-state index contributed by atoms with van der Waals surface area (Å²) in [6.07, 6.45) is 0. The number of benzene rings is 2. The Balaban J connectivity index is 1.43. The predicted octanol–water partition coefficient (Wildman–Crippen LogP) is 4.63. The van der Waals surface area contributed by atoms with Gasteiger partial charge in [-0.25, -0.2) is 9.18 Å². The molecular weight excluding hydrogens is 437 g/mol. The Kier molecular flexibility index (Phi) is 4.89. The van der Waals surface area contributed by atoms with Crippen molar-refractivity contribution >= 4 is 28.7 Å². The van der Waals surface area contributed by atoms with Crippen LogP contribution in [0.15, 0.2) is 65.1 Å². The summed E-state index contributed by atoms with van der Waals surface area (Å²) in [5.74, 6) is -1.05. The van der Waals surface area contributed by atoms with Gasteiger partial charge in [0.05, 0.1) is 6.54 Å². The zero-order valence-electron chi connectivity index (χ0n) is 18.9. The topological polar surface area (TPSA) is 84.6 Å². The largest absolute Gasteiger partial charge is 0.458 e. The van der Waals surface area contributed by atoms with Crippen molar-refractivity contribution in [2.45, 2.75) is 26.3 Å². The highest BCUT2D eigenvalue weighted by molar-refractivity contribution is 6.11. The molecule has 5 rings (SSSR count). The molecular formula is C26H22FN3O4. The first-order valence-electron chi connectivity index (χ1n) is 10.8. The van der Waals surface area contributed by atoms with E-state index in [1.165, 1.54) is 12.1 Å². The van der Waals surface area contributed by atoms with E-state index in [1.54, 1.807) is 55.7 Å². The normalized spacial score (nSPS) is 18.1. The lowest BCUT2D eigenvalue weighted by molar-refractivity contribution is -0.131. The van der Waals surface area contributed by atoms with Gasteiger partial charge in [0, 0.05) is 28.0 Å². The van der Waals surface area contributed by atoms with Crippen molar-refractivity contribution in [3.8, 4) is 5.69 Å². The van der Waals surface area contributed by atoms with Crippen LogP contribution in [-0.4, -0.2) is 33.7 Å². The third-order valence-electron chi connectivity index (χ3n) is 6.29. The number of imide groups is 1. The fraction of sp³-hybridized carbons (Fsp3) is 0.192. The zero-order valence-corrected chi connectivity index (χ0v) is 18.9. The number of aryl methyl sites for hydroxylation is 1. The number of urea groups is 1. The molecule has 7 nitrogen and oxygen atoms in total. The Labute approximate surface area is 194 Å². The number of furan rings is 1. The number of rotatable bonds is 5. The summed E-state index contributed by atoms with van der Waals surface area (Å²) in [6.45, 7) is 4.69. The van der Waals surface area contributed by atoms with Crippen LogP contribution in [0.2, 0.25) is 0 Å². The van der Waals surface area contributed by atoms with Crippen LogP contribution in [0.1, 0.15) is 34.4 Å². The maximum absolute atomic E-state index is 13.7. The lowest BCUT2D eigenvalue weighted by Gasteiger charge is -2.18. The van der Waals surface area contributed by atoms with E-state index in [0.29, 0.717) is 28.3 Å². The van der Waals surface area contributed by atoms with Crippen LogP contribution in [0.3, 0.4) is 0 Å². The average molecular weight is 459 g/mol. The van der Waals surface area contributed by atoms with Crippen LogP contribution >= 0.6 is 0 Å². The minimum atomic E-state index is -1.42. The zero-order chi connectivity index (χ0) is 24.2.